The molecule has 0 aliphatic carbocycles. The highest BCUT2D eigenvalue weighted by Gasteiger charge is 2.10. The van der Waals surface area contributed by atoms with Gasteiger partial charge in [0.25, 0.3) is 0 Å². The number of carbonyl (C=O) groups excluding carboxylic acids is 1. The molecule has 0 saturated carbocycles. The molecule has 0 bridgehead atoms. The minimum absolute atomic E-state index is 0.0163. The molecule has 1 aromatic carbocycles. The maximum Gasteiger partial charge on any atom is 0.200 e. The monoisotopic (exact) mass is 319 g/mol. The van der Waals surface area contributed by atoms with Gasteiger partial charge in [-0.25, -0.2) is 0 Å². The van der Waals surface area contributed by atoms with Crippen LogP contribution in [0, 0.1) is 13.8 Å². The zero-order chi connectivity index (χ0) is 13.8. The summed E-state index contributed by atoms with van der Waals surface area (Å²) in [5, 5.41) is 0. The van der Waals surface area contributed by atoms with Crippen molar-refractivity contribution >= 4 is 21.7 Å². The Kier molecular flexibility index (Phi) is 4.32. The first-order valence-corrected chi connectivity index (χ1v) is 6.69. The molecule has 2 rings (SSSR count). The summed E-state index contributed by atoms with van der Waals surface area (Å²) >= 11 is 3.31. The Balaban J connectivity index is 2.07. The van der Waals surface area contributed by atoms with E-state index in [4.69, 9.17) is 4.74 Å². The number of Topliss-reactive ketones (excluding diaryl/α,β-unsaturated/α-hetero) is 1. The predicted molar refractivity (Wildman–Crippen MR) is 77.7 cm³/mol. The summed E-state index contributed by atoms with van der Waals surface area (Å²) < 4.78 is 6.28. The quantitative estimate of drug-likeness (QED) is 0.806. The van der Waals surface area contributed by atoms with Crippen molar-refractivity contribution in [2.75, 3.05) is 6.61 Å². The highest BCUT2D eigenvalue weighted by Crippen LogP contribution is 2.17. The Hall–Kier alpha value is -1.68. The van der Waals surface area contributed by atoms with Gasteiger partial charge < -0.3 is 4.74 Å². The van der Waals surface area contributed by atoms with Crippen LogP contribution < -0.4 is 4.74 Å². The van der Waals surface area contributed by atoms with E-state index in [2.05, 4.69) is 20.9 Å². The molecule has 1 aromatic heterocycles. The molecule has 0 unspecified atom stereocenters. The van der Waals surface area contributed by atoms with Crippen LogP contribution in [0.3, 0.4) is 0 Å². The lowest BCUT2D eigenvalue weighted by Crippen LogP contribution is -2.13. The third-order valence-corrected chi connectivity index (χ3v) is 3.18. The smallest absolute Gasteiger partial charge is 0.200 e. The average molecular weight is 320 g/mol. The van der Waals surface area contributed by atoms with Crippen LogP contribution in [0.2, 0.25) is 0 Å². The van der Waals surface area contributed by atoms with Crippen molar-refractivity contribution in [3.05, 3.63) is 57.8 Å². The molecule has 1 heterocycles. The van der Waals surface area contributed by atoms with Gasteiger partial charge in [0.2, 0.25) is 0 Å². The van der Waals surface area contributed by atoms with Crippen LogP contribution in [0.25, 0.3) is 0 Å². The van der Waals surface area contributed by atoms with Gasteiger partial charge in [0, 0.05) is 16.2 Å². The summed E-state index contributed by atoms with van der Waals surface area (Å²) in [5.41, 5.74) is 2.74. The predicted octanol–water partition coefficient (Wildman–Crippen LogP) is 3.72. The van der Waals surface area contributed by atoms with Crippen molar-refractivity contribution in [3.8, 4) is 5.75 Å². The van der Waals surface area contributed by atoms with E-state index in [0.29, 0.717) is 11.3 Å². The number of halogens is 1. The average Bonchev–Trinajstić information content (AvgIpc) is 2.39. The molecule has 0 saturated heterocycles. The van der Waals surface area contributed by atoms with Crippen LogP contribution in [-0.2, 0) is 0 Å². The van der Waals surface area contributed by atoms with Crippen molar-refractivity contribution in [3.63, 3.8) is 0 Å². The first-order valence-electron chi connectivity index (χ1n) is 5.90. The third-order valence-electron chi connectivity index (χ3n) is 2.74. The van der Waals surface area contributed by atoms with Crippen LogP contribution >= 0.6 is 15.9 Å². The van der Waals surface area contributed by atoms with E-state index in [9.17, 15) is 4.79 Å². The molecular weight excluding hydrogens is 306 g/mol. The number of hydrogen-bond acceptors (Lipinski definition) is 3. The second-order valence-electron chi connectivity index (χ2n) is 4.37. The van der Waals surface area contributed by atoms with E-state index in [1.54, 1.807) is 18.5 Å². The molecule has 0 aliphatic heterocycles. The Morgan fingerprint density at radius 2 is 2.05 bits per heavy atom. The fraction of sp³-hybridized carbons (Fsp3) is 0.200. The first kappa shape index (κ1) is 13.7. The lowest BCUT2D eigenvalue weighted by molar-refractivity contribution is 0.0920. The molecule has 4 heteroatoms. The number of carbonyl (C=O) groups is 1. The molecule has 0 fully saturated rings. The molecular formula is C15H14BrNO2. The summed E-state index contributed by atoms with van der Waals surface area (Å²) in [6.45, 7) is 3.91. The van der Waals surface area contributed by atoms with Gasteiger partial charge >= 0.3 is 0 Å². The second-order valence-corrected chi connectivity index (χ2v) is 5.28. The molecule has 0 spiro atoms. The van der Waals surface area contributed by atoms with Crippen LogP contribution in [0.15, 0.2) is 41.1 Å². The molecule has 0 radical (unpaired) electrons. The Morgan fingerprint density at radius 1 is 1.26 bits per heavy atom. The number of nitrogens with zero attached hydrogens (tertiary/aromatic N) is 1. The molecule has 19 heavy (non-hydrogen) atoms. The van der Waals surface area contributed by atoms with E-state index in [0.717, 1.165) is 15.6 Å². The highest BCUT2D eigenvalue weighted by atomic mass is 79.9. The number of pyridine rings is 1. The minimum Gasteiger partial charge on any atom is -0.484 e. The summed E-state index contributed by atoms with van der Waals surface area (Å²) in [5.74, 6) is 0.550. The van der Waals surface area contributed by atoms with E-state index in [1.165, 1.54) is 0 Å². The first-order chi connectivity index (χ1) is 9.06. The van der Waals surface area contributed by atoms with E-state index in [-0.39, 0.29) is 12.4 Å². The number of ether oxygens (including phenoxy) is 1. The normalized spacial score (nSPS) is 10.3. The van der Waals surface area contributed by atoms with Gasteiger partial charge in [-0.05, 0) is 47.5 Å². The maximum atomic E-state index is 12.1. The summed E-state index contributed by atoms with van der Waals surface area (Å²) in [4.78, 5) is 16.1. The number of rotatable bonds is 4. The van der Waals surface area contributed by atoms with Gasteiger partial charge in [0.15, 0.2) is 12.4 Å². The number of aryl methyl sites for hydroxylation is 2. The zero-order valence-electron chi connectivity index (χ0n) is 10.8. The fourth-order valence-electron chi connectivity index (χ4n) is 1.73. The topological polar surface area (TPSA) is 39.2 Å². The van der Waals surface area contributed by atoms with Crippen LogP contribution in [0.4, 0.5) is 0 Å². The van der Waals surface area contributed by atoms with E-state index in [1.807, 2.05) is 32.0 Å². The van der Waals surface area contributed by atoms with Gasteiger partial charge in [-0.3, -0.25) is 9.78 Å². The van der Waals surface area contributed by atoms with E-state index < -0.39 is 0 Å². The number of benzene rings is 1. The van der Waals surface area contributed by atoms with Crippen molar-refractivity contribution in [1.29, 1.82) is 0 Å². The second kappa shape index (κ2) is 5.97. The SMILES string of the molecule is Cc1ccc(C)c(C(=O)COc2cncc(Br)c2)c1. The maximum absolute atomic E-state index is 12.1. The molecule has 0 atom stereocenters. The Labute approximate surface area is 120 Å². The summed E-state index contributed by atoms with van der Waals surface area (Å²) in [7, 11) is 0. The van der Waals surface area contributed by atoms with Gasteiger partial charge in [0.05, 0.1) is 6.20 Å². The molecule has 0 aliphatic rings. The Bertz CT molecular complexity index is 611. The van der Waals surface area contributed by atoms with Gasteiger partial charge in [0.1, 0.15) is 5.75 Å². The number of hydrogen-bond donors (Lipinski definition) is 0. The largest absolute Gasteiger partial charge is 0.484 e. The zero-order valence-corrected chi connectivity index (χ0v) is 12.4. The number of ketones is 1. The van der Waals surface area contributed by atoms with Gasteiger partial charge in [-0.15, -0.1) is 0 Å². The van der Waals surface area contributed by atoms with Crippen LogP contribution in [0.1, 0.15) is 21.5 Å². The lowest BCUT2D eigenvalue weighted by atomic mass is 10.0. The van der Waals surface area contributed by atoms with Crippen LogP contribution in [-0.4, -0.2) is 17.4 Å². The molecule has 0 N–H and O–H groups in total. The highest BCUT2D eigenvalue weighted by molar-refractivity contribution is 9.10. The summed E-state index contributed by atoms with van der Waals surface area (Å²) in [6, 6.07) is 7.61. The fourth-order valence-corrected chi connectivity index (χ4v) is 2.08. The van der Waals surface area contributed by atoms with Crippen molar-refractivity contribution in [1.82, 2.24) is 4.98 Å². The molecule has 0 amide bonds. The molecule has 3 nitrogen and oxygen atoms in total. The Morgan fingerprint density at radius 3 is 2.79 bits per heavy atom. The molecule has 2 aromatic rings. The van der Waals surface area contributed by atoms with Crippen molar-refractivity contribution in [2.45, 2.75) is 13.8 Å². The standard InChI is InChI=1S/C15H14BrNO2/c1-10-3-4-11(2)14(5-10)15(18)9-19-13-6-12(16)7-17-8-13/h3-8H,9H2,1-2H3. The number of aromatic nitrogens is 1. The van der Waals surface area contributed by atoms with Crippen molar-refractivity contribution in [2.24, 2.45) is 0 Å². The van der Waals surface area contributed by atoms with Gasteiger partial charge in [-0.2, -0.15) is 0 Å². The lowest BCUT2D eigenvalue weighted by Gasteiger charge is -2.08. The molecule has 98 valence electrons. The van der Waals surface area contributed by atoms with Gasteiger partial charge in [-0.1, -0.05) is 17.7 Å². The summed E-state index contributed by atoms with van der Waals surface area (Å²) in [6.07, 6.45) is 3.25. The van der Waals surface area contributed by atoms with Crippen molar-refractivity contribution < 1.29 is 9.53 Å². The van der Waals surface area contributed by atoms with Crippen LogP contribution in [0.5, 0.6) is 5.75 Å². The minimum atomic E-state index is -0.0267. The van der Waals surface area contributed by atoms with E-state index >= 15 is 0 Å². The third kappa shape index (κ3) is 3.64.